The zero-order valence-electron chi connectivity index (χ0n) is 12.3. The van der Waals surface area contributed by atoms with Crippen LogP contribution in [0, 0.1) is 0 Å². The van der Waals surface area contributed by atoms with E-state index < -0.39 is 0 Å². The number of aromatic nitrogens is 3. The monoisotopic (exact) mass is 291 g/mol. The van der Waals surface area contributed by atoms with Crippen molar-refractivity contribution in [1.29, 1.82) is 0 Å². The van der Waals surface area contributed by atoms with Crippen LogP contribution in [0.2, 0.25) is 0 Å². The van der Waals surface area contributed by atoms with Crippen LogP contribution in [0.5, 0.6) is 0 Å². The molecule has 21 heavy (non-hydrogen) atoms. The zero-order chi connectivity index (χ0) is 14.8. The molecule has 0 aromatic carbocycles. The maximum absolute atomic E-state index is 12.3. The quantitative estimate of drug-likeness (QED) is 0.868. The van der Waals surface area contributed by atoms with E-state index in [1.807, 2.05) is 16.4 Å². The van der Waals surface area contributed by atoms with Gasteiger partial charge in [0.05, 0.1) is 6.04 Å². The van der Waals surface area contributed by atoms with Gasteiger partial charge in [0.1, 0.15) is 5.82 Å². The number of rotatable bonds is 4. The van der Waals surface area contributed by atoms with Crippen molar-refractivity contribution in [3.05, 3.63) is 11.6 Å². The van der Waals surface area contributed by atoms with Crippen LogP contribution in [0.4, 0.5) is 0 Å². The Morgan fingerprint density at radius 1 is 1.38 bits per heavy atom. The Hall–Kier alpha value is -1.92. The van der Waals surface area contributed by atoms with E-state index in [1.165, 1.54) is 0 Å². The van der Waals surface area contributed by atoms with Gasteiger partial charge in [0, 0.05) is 32.5 Å². The van der Waals surface area contributed by atoms with Gasteiger partial charge in [-0.15, -0.1) is 10.2 Å². The van der Waals surface area contributed by atoms with Crippen LogP contribution in [0.3, 0.4) is 0 Å². The topological polar surface area (TPSA) is 80.1 Å². The Labute approximate surface area is 123 Å². The fourth-order valence-electron chi connectivity index (χ4n) is 3.08. The van der Waals surface area contributed by atoms with E-state index in [-0.39, 0.29) is 17.9 Å². The van der Waals surface area contributed by atoms with Crippen LogP contribution >= 0.6 is 0 Å². The van der Waals surface area contributed by atoms with Crippen LogP contribution in [0.15, 0.2) is 0 Å². The molecule has 0 spiro atoms. The van der Waals surface area contributed by atoms with E-state index in [9.17, 15) is 9.59 Å². The van der Waals surface area contributed by atoms with Crippen LogP contribution in [0.25, 0.3) is 0 Å². The summed E-state index contributed by atoms with van der Waals surface area (Å²) in [6, 6.07) is -0.118. The normalized spacial score (nSPS) is 21.5. The van der Waals surface area contributed by atoms with Crippen molar-refractivity contribution in [1.82, 2.24) is 25.0 Å². The Morgan fingerprint density at radius 2 is 2.24 bits per heavy atom. The summed E-state index contributed by atoms with van der Waals surface area (Å²) in [4.78, 5) is 26.0. The van der Waals surface area contributed by atoms with Gasteiger partial charge in [-0.25, -0.2) is 0 Å². The number of aryl methyl sites for hydroxylation is 1. The lowest BCUT2D eigenvalue weighted by Crippen LogP contribution is -2.38. The number of carbonyl (C=O) groups is 2. The van der Waals surface area contributed by atoms with Crippen LogP contribution in [-0.2, 0) is 17.8 Å². The SMILES string of the molecule is CCCN1CC(NC(=O)c2nnc3n2CCCC3)CC1=O. The highest BCUT2D eigenvalue weighted by Gasteiger charge is 2.31. The van der Waals surface area contributed by atoms with Crippen molar-refractivity contribution in [2.45, 2.75) is 51.6 Å². The predicted octanol–water partition coefficient (Wildman–Crippen LogP) is 0.355. The molecule has 2 amide bonds. The van der Waals surface area contributed by atoms with Gasteiger partial charge < -0.3 is 14.8 Å². The molecule has 1 atom stereocenters. The maximum Gasteiger partial charge on any atom is 0.289 e. The molecule has 0 aliphatic carbocycles. The fraction of sp³-hybridized carbons (Fsp3) is 0.714. The molecule has 114 valence electrons. The number of amides is 2. The van der Waals surface area contributed by atoms with E-state index in [0.717, 1.165) is 44.6 Å². The molecule has 1 aromatic heterocycles. The molecule has 1 saturated heterocycles. The van der Waals surface area contributed by atoms with Crippen LogP contribution in [0.1, 0.15) is 49.1 Å². The summed E-state index contributed by atoms with van der Waals surface area (Å²) in [5.41, 5.74) is 0. The second kappa shape index (κ2) is 5.83. The Bertz CT molecular complexity index is 554. The van der Waals surface area contributed by atoms with Crippen LogP contribution < -0.4 is 5.32 Å². The van der Waals surface area contributed by atoms with Crippen molar-refractivity contribution in [2.24, 2.45) is 0 Å². The first-order valence-corrected chi connectivity index (χ1v) is 7.69. The average Bonchev–Trinajstić information content (AvgIpc) is 3.03. The molecular weight excluding hydrogens is 270 g/mol. The lowest BCUT2D eigenvalue weighted by Gasteiger charge is -2.17. The van der Waals surface area contributed by atoms with Gasteiger partial charge in [0.2, 0.25) is 11.7 Å². The molecule has 3 rings (SSSR count). The molecule has 1 N–H and O–H groups in total. The van der Waals surface area contributed by atoms with Crippen molar-refractivity contribution in [2.75, 3.05) is 13.1 Å². The summed E-state index contributed by atoms with van der Waals surface area (Å²) in [5, 5.41) is 11.0. The highest BCUT2D eigenvalue weighted by Crippen LogP contribution is 2.15. The van der Waals surface area contributed by atoms with E-state index >= 15 is 0 Å². The van der Waals surface area contributed by atoms with Gasteiger partial charge in [-0.1, -0.05) is 6.92 Å². The predicted molar refractivity (Wildman–Crippen MR) is 75.7 cm³/mol. The summed E-state index contributed by atoms with van der Waals surface area (Å²) in [6.07, 6.45) is 4.35. The molecule has 7 heteroatoms. The number of hydrogen-bond acceptors (Lipinski definition) is 4. The molecule has 3 heterocycles. The van der Waals surface area contributed by atoms with E-state index in [2.05, 4.69) is 15.5 Å². The Kier molecular flexibility index (Phi) is 3.90. The number of nitrogens with one attached hydrogen (secondary N) is 1. The summed E-state index contributed by atoms with van der Waals surface area (Å²) in [5.74, 6) is 1.17. The average molecular weight is 291 g/mol. The number of hydrogen-bond donors (Lipinski definition) is 1. The summed E-state index contributed by atoms with van der Waals surface area (Å²) >= 11 is 0. The molecule has 1 fully saturated rings. The van der Waals surface area contributed by atoms with Gasteiger partial charge in [-0.05, 0) is 19.3 Å². The van der Waals surface area contributed by atoms with Gasteiger partial charge >= 0.3 is 0 Å². The first-order chi connectivity index (χ1) is 10.2. The Morgan fingerprint density at radius 3 is 3.05 bits per heavy atom. The summed E-state index contributed by atoms with van der Waals surface area (Å²) in [6.45, 7) is 4.20. The number of carbonyl (C=O) groups excluding carboxylic acids is 2. The smallest absolute Gasteiger partial charge is 0.289 e. The zero-order valence-corrected chi connectivity index (χ0v) is 12.3. The Balaban J connectivity index is 1.65. The number of nitrogens with zero attached hydrogens (tertiary/aromatic N) is 4. The standard InChI is InChI=1S/C14H21N5O2/c1-2-6-18-9-10(8-12(18)20)15-14(21)13-17-16-11-5-3-4-7-19(11)13/h10H,2-9H2,1H3,(H,15,21). The minimum Gasteiger partial charge on any atom is -0.344 e. The first-order valence-electron chi connectivity index (χ1n) is 7.69. The lowest BCUT2D eigenvalue weighted by atomic mass is 10.1. The molecule has 2 aliphatic heterocycles. The highest BCUT2D eigenvalue weighted by atomic mass is 16.2. The second-order valence-corrected chi connectivity index (χ2v) is 5.76. The first kappa shape index (κ1) is 14.0. The largest absolute Gasteiger partial charge is 0.344 e. The third-order valence-electron chi connectivity index (χ3n) is 4.11. The molecule has 0 saturated carbocycles. The van der Waals surface area contributed by atoms with Gasteiger partial charge in [-0.2, -0.15) is 0 Å². The van der Waals surface area contributed by atoms with Gasteiger partial charge in [0.15, 0.2) is 0 Å². The van der Waals surface area contributed by atoms with E-state index in [0.29, 0.717) is 18.8 Å². The van der Waals surface area contributed by atoms with Gasteiger partial charge in [-0.3, -0.25) is 9.59 Å². The van der Waals surface area contributed by atoms with E-state index in [4.69, 9.17) is 0 Å². The molecule has 2 aliphatic rings. The third-order valence-corrected chi connectivity index (χ3v) is 4.11. The van der Waals surface area contributed by atoms with Crippen LogP contribution in [-0.4, -0.2) is 50.6 Å². The minimum atomic E-state index is -0.216. The molecular formula is C14H21N5O2. The maximum atomic E-state index is 12.3. The number of fused-ring (bicyclic) bond motifs is 1. The summed E-state index contributed by atoms with van der Waals surface area (Å²) < 4.78 is 1.90. The second-order valence-electron chi connectivity index (χ2n) is 5.76. The molecule has 1 unspecified atom stereocenters. The minimum absolute atomic E-state index is 0.116. The molecule has 7 nitrogen and oxygen atoms in total. The molecule has 0 bridgehead atoms. The van der Waals surface area contributed by atoms with Crippen molar-refractivity contribution in [3.8, 4) is 0 Å². The van der Waals surface area contributed by atoms with Gasteiger partial charge in [0.25, 0.3) is 5.91 Å². The summed E-state index contributed by atoms with van der Waals surface area (Å²) in [7, 11) is 0. The highest BCUT2D eigenvalue weighted by molar-refractivity contribution is 5.92. The fourth-order valence-corrected chi connectivity index (χ4v) is 3.08. The third kappa shape index (κ3) is 2.77. The van der Waals surface area contributed by atoms with Crippen molar-refractivity contribution in [3.63, 3.8) is 0 Å². The van der Waals surface area contributed by atoms with Crippen molar-refractivity contribution < 1.29 is 9.59 Å². The molecule has 1 aromatic rings. The molecule has 0 radical (unpaired) electrons. The van der Waals surface area contributed by atoms with E-state index in [1.54, 1.807) is 0 Å². The lowest BCUT2D eigenvalue weighted by molar-refractivity contribution is -0.127. The number of likely N-dealkylation sites (tertiary alicyclic amines) is 1. The van der Waals surface area contributed by atoms with Crippen molar-refractivity contribution >= 4 is 11.8 Å².